The van der Waals surface area contributed by atoms with Crippen LogP contribution in [0.4, 0.5) is 0 Å². The van der Waals surface area contributed by atoms with Gasteiger partial charge in [-0.25, -0.2) is 0 Å². The Kier molecular flexibility index (Phi) is 2.39. The molecule has 0 amide bonds. The van der Waals surface area contributed by atoms with Gasteiger partial charge in [-0.1, -0.05) is 0 Å². The predicted molar refractivity (Wildman–Crippen MR) is 17.5 cm³/mol. The lowest BCUT2D eigenvalue weighted by Crippen LogP contribution is -1.79. The fourth-order valence-electron chi connectivity index (χ4n) is 0.0351. The molecule has 0 aliphatic heterocycles. The van der Waals surface area contributed by atoms with E-state index in [2.05, 4.69) is 4.18 Å². The molecule has 0 aliphatic carbocycles. The lowest BCUT2D eigenvalue weighted by Gasteiger charge is -1.70. The molecule has 0 unspecified atom stereocenters. The van der Waals surface area contributed by atoms with Gasteiger partial charge >= 0.3 is 17.5 Å². The Morgan fingerprint density at radius 3 is 2.00 bits per heavy atom. The molecule has 4 nitrogen and oxygen atoms in total. The van der Waals surface area contributed by atoms with Gasteiger partial charge in [-0.15, -0.1) is 0 Å². The second kappa shape index (κ2) is 2.65. The Balaban J connectivity index is 3.32. The molecule has 0 rings (SSSR count). The Morgan fingerprint density at radius 2 is 2.00 bits per heavy atom. The predicted octanol–water partition coefficient (Wildman–Crippen LogP) is -1.31. The molecule has 6 heavy (non-hydrogen) atoms. The highest BCUT2D eigenvalue weighted by Gasteiger charge is 1.70. The van der Waals surface area contributed by atoms with E-state index in [0.717, 1.165) is 0 Å². The molecule has 0 aromatic rings. The van der Waals surface area contributed by atoms with Gasteiger partial charge in [0.2, 0.25) is 0 Å². The fourth-order valence-corrected chi connectivity index (χ4v) is 0.105. The molecular formula is CH2O4S. The average Bonchev–Trinajstić information content (AvgIpc) is 1.35. The van der Waals surface area contributed by atoms with Crippen LogP contribution in [0, 0.1) is 0 Å². The van der Waals surface area contributed by atoms with Gasteiger partial charge in [0.25, 0.3) is 0 Å². The second-order valence-corrected chi connectivity index (χ2v) is 1.08. The zero-order valence-electron chi connectivity index (χ0n) is 2.66. The third kappa shape index (κ3) is 3.42. The summed E-state index contributed by atoms with van der Waals surface area (Å²) in [5.74, 6) is 0. The van der Waals surface area contributed by atoms with Crippen molar-refractivity contribution < 1.29 is 17.4 Å². The minimum atomic E-state index is -2.97. The molecular weight excluding hydrogens is 108 g/mol. The molecule has 0 radical (unpaired) electrons. The van der Waals surface area contributed by atoms with E-state index < -0.39 is 11.0 Å². The van der Waals surface area contributed by atoms with Gasteiger partial charge in [0, 0.05) is 0 Å². The molecule has 0 aromatic heterocycles. The first-order chi connectivity index (χ1) is 2.77. The van der Waals surface area contributed by atoms with E-state index in [0.29, 0.717) is 0 Å². The average molecular weight is 110 g/mol. The molecule has 0 saturated heterocycles. The standard InChI is InChI=1S/CH2O4S/c2-1-5-6(3)4/h1,6H. The summed E-state index contributed by atoms with van der Waals surface area (Å²) in [4.78, 5) is 9.01. The van der Waals surface area contributed by atoms with Gasteiger partial charge in [-0.2, -0.15) is 8.42 Å². The van der Waals surface area contributed by atoms with Crippen molar-refractivity contribution in [3.63, 3.8) is 0 Å². The van der Waals surface area contributed by atoms with Crippen molar-refractivity contribution in [2.45, 2.75) is 0 Å². The Hall–Kier alpha value is -0.580. The van der Waals surface area contributed by atoms with Crippen LogP contribution >= 0.6 is 0 Å². The van der Waals surface area contributed by atoms with Crippen molar-refractivity contribution in [1.29, 1.82) is 0 Å². The van der Waals surface area contributed by atoms with E-state index in [1.165, 1.54) is 0 Å². The van der Waals surface area contributed by atoms with Crippen molar-refractivity contribution in [2.24, 2.45) is 0 Å². The third-order valence-electron chi connectivity index (χ3n) is 0.129. The van der Waals surface area contributed by atoms with Gasteiger partial charge in [0.05, 0.1) is 0 Å². The number of carbonyl (C=O) groups excluding carboxylic acids is 1. The first-order valence-corrected chi connectivity index (χ1v) is 2.11. The molecule has 5 heteroatoms. The third-order valence-corrected chi connectivity index (χ3v) is 0.387. The topological polar surface area (TPSA) is 60.4 Å². The summed E-state index contributed by atoms with van der Waals surface area (Å²) in [6.07, 6.45) is 0. The van der Waals surface area contributed by atoms with Crippen molar-refractivity contribution in [3.8, 4) is 0 Å². The van der Waals surface area contributed by atoms with Gasteiger partial charge in [-0.3, -0.25) is 4.79 Å². The monoisotopic (exact) mass is 110 g/mol. The van der Waals surface area contributed by atoms with E-state index in [4.69, 9.17) is 4.79 Å². The van der Waals surface area contributed by atoms with Crippen LogP contribution in [0.15, 0.2) is 0 Å². The summed E-state index contributed by atoms with van der Waals surface area (Å²) in [7, 11) is -2.97. The smallest absolute Gasteiger partial charge is 0.309 e. The SMILES string of the molecule is O=CO[SH](=O)=O. The number of hydrogen-bond donors (Lipinski definition) is 1. The van der Waals surface area contributed by atoms with Crippen LogP contribution in [0.3, 0.4) is 0 Å². The summed E-state index contributed by atoms with van der Waals surface area (Å²) in [5.41, 5.74) is 0. The van der Waals surface area contributed by atoms with E-state index in [1.54, 1.807) is 0 Å². The molecule has 0 aromatic carbocycles. The lowest BCUT2D eigenvalue weighted by molar-refractivity contribution is -0.119. The highest BCUT2D eigenvalue weighted by Crippen LogP contribution is 1.56. The quantitative estimate of drug-likeness (QED) is 0.354. The van der Waals surface area contributed by atoms with Crippen molar-refractivity contribution in [1.82, 2.24) is 0 Å². The maximum Gasteiger partial charge on any atom is 0.309 e. The minimum Gasteiger partial charge on any atom is -0.350 e. The molecule has 0 aliphatic rings. The van der Waals surface area contributed by atoms with Crippen LogP contribution in [0.5, 0.6) is 0 Å². The summed E-state index contributed by atoms with van der Waals surface area (Å²) in [5, 5.41) is 0. The van der Waals surface area contributed by atoms with E-state index in [-0.39, 0.29) is 6.47 Å². The first-order valence-electron chi connectivity index (χ1n) is 1.02. The largest absolute Gasteiger partial charge is 0.350 e. The van der Waals surface area contributed by atoms with Crippen LogP contribution in [0.1, 0.15) is 0 Å². The van der Waals surface area contributed by atoms with Crippen molar-refractivity contribution in [2.75, 3.05) is 0 Å². The molecule has 36 valence electrons. The van der Waals surface area contributed by atoms with Crippen LogP contribution in [-0.2, 0) is 20.0 Å². The van der Waals surface area contributed by atoms with Gasteiger partial charge in [0.1, 0.15) is 0 Å². The van der Waals surface area contributed by atoms with E-state index in [1.807, 2.05) is 0 Å². The molecule has 0 saturated carbocycles. The number of carbonyl (C=O) groups is 1. The molecule has 0 N–H and O–H groups in total. The van der Waals surface area contributed by atoms with Crippen LogP contribution in [0.25, 0.3) is 0 Å². The molecule has 0 bridgehead atoms. The van der Waals surface area contributed by atoms with Crippen LogP contribution in [0.2, 0.25) is 0 Å². The number of hydrogen-bond acceptors (Lipinski definition) is 4. The van der Waals surface area contributed by atoms with Crippen molar-refractivity contribution in [3.05, 3.63) is 0 Å². The summed E-state index contributed by atoms with van der Waals surface area (Å²) in [6, 6.07) is 0. The van der Waals surface area contributed by atoms with Gasteiger partial charge in [-0.05, 0) is 0 Å². The number of thiol groups is 1. The Labute approximate surface area is 35.9 Å². The van der Waals surface area contributed by atoms with Gasteiger partial charge in [0.15, 0.2) is 0 Å². The first kappa shape index (κ1) is 5.42. The molecule has 0 atom stereocenters. The normalized spacial score (nSPS) is 8.17. The zero-order chi connectivity index (χ0) is 4.99. The van der Waals surface area contributed by atoms with E-state index in [9.17, 15) is 8.42 Å². The summed E-state index contributed by atoms with van der Waals surface area (Å²) < 4.78 is 21.7. The number of rotatable bonds is 2. The Morgan fingerprint density at radius 1 is 1.50 bits per heavy atom. The maximum atomic E-state index is 9.18. The van der Waals surface area contributed by atoms with Crippen molar-refractivity contribution >= 4 is 17.5 Å². The minimum absolute atomic E-state index is 0.147. The lowest BCUT2D eigenvalue weighted by atomic mass is 11.7. The summed E-state index contributed by atoms with van der Waals surface area (Å²) in [6.45, 7) is -0.147. The summed E-state index contributed by atoms with van der Waals surface area (Å²) >= 11 is 0. The maximum absolute atomic E-state index is 9.18. The molecule has 0 fully saturated rings. The molecule has 0 spiro atoms. The second-order valence-electron chi connectivity index (χ2n) is 0.425. The fraction of sp³-hybridized carbons (Fsp3) is 0. The van der Waals surface area contributed by atoms with E-state index >= 15 is 0 Å². The van der Waals surface area contributed by atoms with Crippen LogP contribution in [-0.4, -0.2) is 14.9 Å². The highest BCUT2D eigenvalue weighted by atomic mass is 32.2. The molecule has 0 heterocycles. The zero-order valence-corrected chi connectivity index (χ0v) is 3.55. The van der Waals surface area contributed by atoms with Crippen LogP contribution < -0.4 is 0 Å². The van der Waals surface area contributed by atoms with Gasteiger partial charge < -0.3 is 4.18 Å². The highest BCUT2D eigenvalue weighted by molar-refractivity contribution is 7.67. The Bertz CT molecular complexity index is 94.1.